The number of sulfonamides is 1. The van der Waals surface area contributed by atoms with Crippen LogP contribution in [0.15, 0.2) is 53.4 Å². The molecule has 1 heterocycles. The summed E-state index contributed by atoms with van der Waals surface area (Å²) >= 11 is 5.83. The van der Waals surface area contributed by atoms with Gasteiger partial charge < -0.3 is 14.8 Å². The number of rotatable bonds is 8. The molecule has 29 heavy (non-hydrogen) atoms. The number of carbonyl (C=O) groups excluding carboxylic acids is 1. The molecule has 0 aliphatic carbocycles. The van der Waals surface area contributed by atoms with Crippen LogP contribution in [0, 0.1) is 0 Å². The number of morpholine rings is 1. The van der Waals surface area contributed by atoms with Gasteiger partial charge in [0.1, 0.15) is 12.4 Å². The van der Waals surface area contributed by atoms with Gasteiger partial charge in [0.15, 0.2) is 0 Å². The normalized spacial score (nSPS) is 15.1. The van der Waals surface area contributed by atoms with E-state index in [1.807, 2.05) is 12.1 Å². The van der Waals surface area contributed by atoms with E-state index >= 15 is 0 Å². The predicted molar refractivity (Wildman–Crippen MR) is 110 cm³/mol. The van der Waals surface area contributed by atoms with Crippen LogP contribution in [0.25, 0.3) is 0 Å². The molecule has 9 heteroatoms. The highest BCUT2D eigenvalue weighted by Crippen LogP contribution is 2.20. The van der Waals surface area contributed by atoms with Crippen LogP contribution in [-0.4, -0.2) is 58.1 Å². The summed E-state index contributed by atoms with van der Waals surface area (Å²) in [7, 11) is -3.52. The molecule has 0 saturated carbocycles. The van der Waals surface area contributed by atoms with Gasteiger partial charge in [0.25, 0.3) is 0 Å². The van der Waals surface area contributed by atoms with Crippen LogP contribution >= 0.6 is 11.6 Å². The van der Waals surface area contributed by atoms with Gasteiger partial charge in [-0.15, -0.1) is 0 Å². The molecule has 0 bridgehead atoms. The summed E-state index contributed by atoms with van der Waals surface area (Å²) in [4.78, 5) is 12.2. The van der Waals surface area contributed by atoms with Crippen molar-refractivity contribution in [2.24, 2.45) is 0 Å². The Hall–Kier alpha value is -2.13. The summed E-state index contributed by atoms with van der Waals surface area (Å²) in [5.41, 5.74) is 0.880. The number of carbonyl (C=O) groups is 1. The van der Waals surface area contributed by atoms with Crippen LogP contribution in [0.2, 0.25) is 5.02 Å². The Morgan fingerprint density at radius 2 is 1.72 bits per heavy atom. The van der Waals surface area contributed by atoms with E-state index in [2.05, 4.69) is 5.32 Å². The fraction of sp³-hybridized carbons (Fsp3) is 0.350. The third-order valence-electron chi connectivity index (χ3n) is 4.40. The number of ether oxygens (including phenoxy) is 2. The van der Waals surface area contributed by atoms with Gasteiger partial charge in [0, 0.05) is 18.1 Å². The van der Waals surface area contributed by atoms with Gasteiger partial charge in [-0.05, 0) is 42.0 Å². The second-order valence-corrected chi connectivity index (χ2v) is 8.86. The Balaban J connectivity index is 1.43. The largest absolute Gasteiger partial charge is 0.492 e. The van der Waals surface area contributed by atoms with E-state index in [1.54, 1.807) is 24.3 Å². The minimum absolute atomic E-state index is 0.108. The standard InChI is InChI=1S/C20H23ClN2O5S/c21-17-3-1-16(2-4-17)15-20(24)22-9-12-28-18-5-7-19(8-6-18)29(25,26)23-10-13-27-14-11-23/h1-8H,9-15H2,(H,22,24). The van der Waals surface area contributed by atoms with E-state index in [9.17, 15) is 13.2 Å². The summed E-state index contributed by atoms with van der Waals surface area (Å²) in [6.07, 6.45) is 0.269. The van der Waals surface area contributed by atoms with Crippen LogP contribution in [0.5, 0.6) is 5.75 Å². The molecular weight excluding hydrogens is 416 g/mol. The molecule has 1 N–H and O–H groups in total. The van der Waals surface area contributed by atoms with Gasteiger partial charge in [0.2, 0.25) is 15.9 Å². The van der Waals surface area contributed by atoms with Gasteiger partial charge in [-0.1, -0.05) is 23.7 Å². The second-order valence-electron chi connectivity index (χ2n) is 6.49. The lowest BCUT2D eigenvalue weighted by atomic mass is 10.1. The maximum absolute atomic E-state index is 12.6. The molecule has 0 spiro atoms. The van der Waals surface area contributed by atoms with Gasteiger partial charge >= 0.3 is 0 Å². The molecule has 7 nitrogen and oxygen atoms in total. The average Bonchev–Trinajstić information content (AvgIpc) is 2.74. The highest BCUT2D eigenvalue weighted by Gasteiger charge is 2.26. The fourth-order valence-electron chi connectivity index (χ4n) is 2.85. The third kappa shape index (κ3) is 6.17. The van der Waals surface area contributed by atoms with Crippen LogP contribution in [0.3, 0.4) is 0 Å². The van der Waals surface area contributed by atoms with E-state index in [1.165, 1.54) is 16.4 Å². The molecule has 0 atom stereocenters. The van der Waals surface area contributed by atoms with Gasteiger partial charge in [0.05, 0.1) is 31.1 Å². The number of nitrogens with one attached hydrogen (secondary N) is 1. The van der Waals surface area contributed by atoms with Crippen molar-refractivity contribution in [3.8, 4) is 5.75 Å². The number of halogens is 1. The molecule has 1 saturated heterocycles. The van der Waals surface area contributed by atoms with Crippen molar-refractivity contribution in [1.29, 1.82) is 0 Å². The van der Waals surface area contributed by atoms with Crippen LogP contribution in [0.4, 0.5) is 0 Å². The van der Waals surface area contributed by atoms with Crippen LogP contribution in [0.1, 0.15) is 5.56 Å². The molecule has 156 valence electrons. The van der Waals surface area contributed by atoms with Crippen molar-refractivity contribution in [2.45, 2.75) is 11.3 Å². The van der Waals surface area contributed by atoms with Gasteiger partial charge in [-0.2, -0.15) is 4.31 Å². The third-order valence-corrected chi connectivity index (χ3v) is 6.57. The van der Waals surface area contributed by atoms with Crippen LogP contribution in [-0.2, 0) is 26.0 Å². The molecule has 1 fully saturated rings. The molecule has 2 aromatic carbocycles. The number of hydrogen-bond acceptors (Lipinski definition) is 5. The quantitative estimate of drug-likeness (QED) is 0.638. The van der Waals surface area contributed by atoms with E-state index < -0.39 is 10.0 Å². The van der Waals surface area contributed by atoms with Crippen molar-refractivity contribution in [2.75, 3.05) is 39.5 Å². The Morgan fingerprint density at radius 1 is 1.07 bits per heavy atom. The molecule has 1 aliphatic rings. The summed E-state index contributed by atoms with van der Waals surface area (Å²) < 4.78 is 37.3. The maximum Gasteiger partial charge on any atom is 0.243 e. The van der Waals surface area contributed by atoms with E-state index in [4.69, 9.17) is 21.1 Å². The monoisotopic (exact) mass is 438 g/mol. The first-order chi connectivity index (χ1) is 13.9. The zero-order valence-electron chi connectivity index (χ0n) is 15.8. The smallest absolute Gasteiger partial charge is 0.243 e. The number of nitrogens with zero attached hydrogens (tertiary/aromatic N) is 1. The lowest BCUT2D eigenvalue weighted by molar-refractivity contribution is -0.120. The Morgan fingerprint density at radius 3 is 2.38 bits per heavy atom. The number of amides is 1. The van der Waals surface area contributed by atoms with E-state index in [0.29, 0.717) is 43.6 Å². The molecule has 0 unspecified atom stereocenters. The zero-order chi connectivity index (χ0) is 20.7. The number of benzene rings is 2. The summed E-state index contributed by atoms with van der Waals surface area (Å²) in [5, 5.41) is 3.41. The maximum atomic E-state index is 12.6. The fourth-order valence-corrected chi connectivity index (χ4v) is 4.39. The minimum atomic E-state index is -3.52. The Kier molecular flexibility index (Phi) is 7.49. The minimum Gasteiger partial charge on any atom is -0.492 e. The predicted octanol–water partition coefficient (Wildman–Crippen LogP) is 2.10. The first-order valence-corrected chi connectivity index (χ1v) is 11.1. The average molecular weight is 439 g/mol. The highest BCUT2D eigenvalue weighted by atomic mass is 35.5. The van der Waals surface area contributed by atoms with E-state index in [0.717, 1.165) is 5.56 Å². The van der Waals surface area contributed by atoms with Gasteiger partial charge in [-0.25, -0.2) is 8.42 Å². The highest BCUT2D eigenvalue weighted by molar-refractivity contribution is 7.89. The summed E-state index contributed by atoms with van der Waals surface area (Å²) in [6, 6.07) is 13.4. The summed E-state index contributed by atoms with van der Waals surface area (Å²) in [5.74, 6) is 0.431. The molecule has 1 amide bonds. The second kappa shape index (κ2) is 10.1. The molecule has 2 aromatic rings. The van der Waals surface area contributed by atoms with Gasteiger partial charge in [-0.3, -0.25) is 4.79 Å². The number of hydrogen-bond donors (Lipinski definition) is 1. The lowest BCUT2D eigenvalue weighted by Gasteiger charge is -2.26. The molecule has 0 radical (unpaired) electrons. The lowest BCUT2D eigenvalue weighted by Crippen LogP contribution is -2.40. The van der Waals surface area contributed by atoms with Crippen molar-refractivity contribution < 1.29 is 22.7 Å². The van der Waals surface area contributed by atoms with Crippen LogP contribution < -0.4 is 10.1 Å². The van der Waals surface area contributed by atoms with E-state index in [-0.39, 0.29) is 23.8 Å². The Labute approximate surface area is 175 Å². The SMILES string of the molecule is O=C(Cc1ccc(Cl)cc1)NCCOc1ccc(S(=O)(=O)N2CCOCC2)cc1. The van der Waals surface area contributed by atoms with Crippen molar-refractivity contribution >= 4 is 27.5 Å². The molecular formula is C20H23ClN2O5S. The molecule has 0 aromatic heterocycles. The van der Waals surface area contributed by atoms with Crippen molar-refractivity contribution in [3.63, 3.8) is 0 Å². The first-order valence-electron chi connectivity index (χ1n) is 9.27. The zero-order valence-corrected chi connectivity index (χ0v) is 17.4. The van der Waals surface area contributed by atoms with Crippen molar-refractivity contribution in [1.82, 2.24) is 9.62 Å². The summed E-state index contributed by atoms with van der Waals surface area (Å²) in [6.45, 7) is 2.16. The molecule has 1 aliphatic heterocycles. The Bertz CT molecular complexity index is 911. The first kappa shape index (κ1) is 21.6. The molecule has 3 rings (SSSR count). The van der Waals surface area contributed by atoms with Crippen molar-refractivity contribution in [3.05, 3.63) is 59.1 Å². The topological polar surface area (TPSA) is 84.9 Å².